The molecular weight excluding hydrogens is 232 g/mol. The molecule has 0 aliphatic heterocycles. The summed E-state index contributed by atoms with van der Waals surface area (Å²) in [6.45, 7) is 6.86. The highest BCUT2D eigenvalue weighted by atomic mass is 32.1. The Kier molecular flexibility index (Phi) is 3.91. The van der Waals surface area contributed by atoms with Crippen molar-refractivity contribution in [2.45, 2.75) is 13.8 Å². The predicted octanol–water partition coefficient (Wildman–Crippen LogP) is 2.11. The minimum absolute atomic E-state index is 0.589. The van der Waals surface area contributed by atoms with Gasteiger partial charge in [0.25, 0.3) is 0 Å². The van der Waals surface area contributed by atoms with Crippen molar-refractivity contribution in [2.24, 2.45) is 11.7 Å². The van der Waals surface area contributed by atoms with Gasteiger partial charge in [-0.25, -0.2) is 9.97 Å². The van der Waals surface area contributed by atoms with E-state index in [1.165, 1.54) is 0 Å². The van der Waals surface area contributed by atoms with Gasteiger partial charge in [-0.2, -0.15) is 0 Å². The number of hydrogen-bond donors (Lipinski definition) is 1. The van der Waals surface area contributed by atoms with E-state index < -0.39 is 0 Å². The third-order valence-electron chi connectivity index (χ3n) is 2.51. The normalized spacial score (nSPS) is 11.3. The minimum atomic E-state index is 0.589. The lowest BCUT2D eigenvalue weighted by molar-refractivity contribution is 0.608. The molecule has 2 N–H and O–H groups in total. The smallest absolute Gasteiger partial charge is 0.150 e. The summed E-state index contributed by atoms with van der Waals surface area (Å²) in [6.07, 6.45) is 1.63. The summed E-state index contributed by atoms with van der Waals surface area (Å²) in [7, 11) is 0. The number of thiophene rings is 1. The summed E-state index contributed by atoms with van der Waals surface area (Å²) < 4.78 is 1.15. The highest BCUT2D eigenvalue weighted by molar-refractivity contribution is 7.17. The molecule has 17 heavy (non-hydrogen) atoms. The van der Waals surface area contributed by atoms with E-state index in [1.54, 1.807) is 17.7 Å². The van der Waals surface area contributed by atoms with Crippen LogP contribution in [-0.4, -0.2) is 29.6 Å². The second-order valence-electron chi connectivity index (χ2n) is 4.46. The van der Waals surface area contributed by atoms with Gasteiger partial charge in [-0.15, -0.1) is 11.3 Å². The molecule has 0 unspecified atom stereocenters. The zero-order chi connectivity index (χ0) is 12.3. The van der Waals surface area contributed by atoms with E-state index in [-0.39, 0.29) is 0 Å². The Morgan fingerprint density at radius 2 is 2.24 bits per heavy atom. The van der Waals surface area contributed by atoms with E-state index in [0.717, 1.165) is 29.1 Å². The molecule has 0 saturated heterocycles. The first kappa shape index (κ1) is 12.3. The Bertz CT molecular complexity index is 480. The molecule has 0 radical (unpaired) electrons. The Hall–Kier alpha value is -1.20. The topological polar surface area (TPSA) is 55.0 Å². The molecular formula is C12H18N4S. The Balaban J connectivity index is 2.36. The van der Waals surface area contributed by atoms with Crippen LogP contribution in [0.3, 0.4) is 0 Å². The quantitative estimate of drug-likeness (QED) is 0.883. The average Bonchev–Trinajstić information content (AvgIpc) is 2.75. The monoisotopic (exact) mass is 250 g/mol. The van der Waals surface area contributed by atoms with Crippen LogP contribution in [0.5, 0.6) is 0 Å². The molecule has 0 fully saturated rings. The molecule has 0 aliphatic rings. The summed E-state index contributed by atoms with van der Waals surface area (Å²) >= 11 is 1.69. The van der Waals surface area contributed by atoms with Gasteiger partial charge in [0.05, 0.1) is 10.2 Å². The summed E-state index contributed by atoms with van der Waals surface area (Å²) in [5.41, 5.74) is 6.70. The van der Waals surface area contributed by atoms with E-state index in [9.17, 15) is 0 Å². The zero-order valence-electron chi connectivity index (χ0n) is 10.3. The fourth-order valence-corrected chi connectivity index (χ4v) is 2.74. The third-order valence-corrected chi connectivity index (χ3v) is 3.41. The van der Waals surface area contributed by atoms with Gasteiger partial charge in [-0.1, -0.05) is 13.8 Å². The van der Waals surface area contributed by atoms with Crippen molar-refractivity contribution in [3.05, 3.63) is 17.8 Å². The molecule has 2 aromatic heterocycles. The van der Waals surface area contributed by atoms with Gasteiger partial charge in [0.15, 0.2) is 0 Å². The minimum Gasteiger partial charge on any atom is -0.354 e. The van der Waals surface area contributed by atoms with Crippen LogP contribution in [0.4, 0.5) is 5.82 Å². The maximum atomic E-state index is 5.68. The lowest BCUT2D eigenvalue weighted by Crippen LogP contribution is -2.33. The first-order valence-electron chi connectivity index (χ1n) is 5.85. The lowest BCUT2D eigenvalue weighted by atomic mass is 10.2. The van der Waals surface area contributed by atoms with E-state index in [1.807, 2.05) is 6.07 Å². The zero-order valence-corrected chi connectivity index (χ0v) is 11.1. The van der Waals surface area contributed by atoms with Crippen LogP contribution in [0.15, 0.2) is 17.8 Å². The molecule has 2 rings (SSSR count). The van der Waals surface area contributed by atoms with E-state index in [0.29, 0.717) is 12.5 Å². The Labute approximate surface area is 105 Å². The summed E-state index contributed by atoms with van der Waals surface area (Å²) in [5, 5.41) is 2.05. The van der Waals surface area contributed by atoms with Crippen LogP contribution in [0.25, 0.3) is 10.2 Å². The number of nitrogens with two attached hydrogens (primary N) is 1. The van der Waals surface area contributed by atoms with Crippen LogP contribution in [0, 0.1) is 5.92 Å². The first-order valence-corrected chi connectivity index (χ1v) is 6.73. The van der Waals surface area contributed by atoms with Crippen molar-refractivity contribution in [2.75, 3.05) is 24.5 Å². The van der Waals surface area contributed by atoms with Gasteiger partial charge < -0.3 is 10.6 Å². The number of fused-ring (bicyclic) bond motifs is 1. The molecule has 2 heterocycles. The Morgan fingerprint density at radius 3 is 2.94 bits per heavy atom. The fraction of sp³-hybridized carbons (Fsp3) is 0.500. The first-order chi connectivity index (χ1) is 8.22. The lowest BCUT2D eigenvalue weighted by Gasteiger charge is -2.25. The highest BCUT2D eigenvalue weighted by Crippen LogP contribution is 2.28. The number of hydrogen-bond acceptors (Lipinski definition) is 5. The number of anilines is 1. The molecule has 5 heteroatoms. The fourth-order valence-electron chi connectivity index (χ4n) is 1.88. The van der Waals surface area contributed by atoms with Crippen molar-refractivity contribution >= 4 is 27.4 Å². The van der Waals surface area contributed by atoms with Gasteiger partial charge in [-0.3, -0.25) is 0 Å². The van der Waals surface area contributed by atoms with Crippen molar-refractivity contribution in [1.82, 2.24) is 9.97 Å². The number of nitrogens with zero attached hydrogens (tertiary/aromatic N) is 3. The molecule has 0 bridgehead atoms. The molecule has 0 atom stereocenters. The average molecular weight is 250 g/mol. The van der Waals surface area contributed by atoms with Gasteiger partial charge >= 0.3 is 0 Å². The van der Waals surface area contributed by atoms with Crippen LogP contribution in [-0.2, 0) is 0 Å². The molecule has 0 aromatic carbocycles. The maximum Gasteiger partial charge on any atom is 0.150 e. The van der Waals surface area contributed by atoms with E-state index in [2.05, 4.69) is 34.1 Å². The standard InChI is InChI=1S/C12H18N4S/c1-9(2)7-16(5-4-13)12-11-10(3-6-17-11)14-8-15-12/h3,6,8-9H,4-5,7,13H2,1-2H3. The van der Waals surface area contributed by atoms with Crippen molar-refractivity contribution < 1.29 is 0 Å². The molecule has 4 nitrogen and oxygen atoms in total. The van der Waals surface area contributed by atoms with Crippen molar-refractivity contribution in [1.29, 1.82) is 0 Å². The van der Waals surface area contributed by atoms with Gasteiger partial charge in [0.2, 0.25) is 0 Å². The third kappa shape index (κ3) is 2.73. The number of rotatable bonds is 5. The largest absolute Gasteiger partial charge is 0.354 e. The van der Waals surface area contributed by atoms with E-state index in [4.69, 9.17) is 5.73 Å². The molecule has 0 spiro atoms. The summed E-state index contributed by atoms with van der Waals surface area (Å²) in [6, 6.07) is 2.03. The van der Waals surface area contributed by atoms with Crippen LogP contribution >= 0.6 is 11.3 Å². The summed E-state index contributed by atoms with van der Waals surface area (Å²) in [4.78, 5) is 10.9. The molecule has 0 amide bonds. The second kappa shape index (κ2) is 5.42. The van der Waals surface area contributed by atoms with Gasteiger partial charge in [0, 0.05) is 19.6 Å². The summed E-state index contributed by atoms with van der Waals surface area (Å²) in [5.74, 6) is 1.61. The van der Waals surface area contributed by atoms with Crippen LogP contribution < -0.4 is 10.6 Å². The van der Waals surface area contributed by atoms with E-state index >= 15 is 0 Å². The highest BCUT2D eigenvalue weighted by Gasteiger charge is 2.13. The van der Waals surface area contributed by atoms with Crippen molar-refractivity contribution in [3.63, 3.8) is 0 Å². The van der Waals surface area contributed by atoms with Crippen molar-refractivity contribution in [3.8, 4) is 0 Å². The maximum absolute atomic E-state index is 5.68. The van der Waals surface area contributed by atoms with Crippen LogP contribution in [0.2, 0.25) is 0 Å². The van der Waals surface area contributed by atoms with Gasteiger partial charge in [-0.05, 0) is 17.4 Å². The second-order valence-corrected chi connectivity index (χ2v) is 5.38. The SMILES string of the molecule is CC(C)CN(CCN)c1ncnc2ccsc12. The predicted molar refractivity (Wildman–Crippen MR) is 73.5 cm³/mol. The van der Waals surface area contributed by atoms with Crippen LogP contribution in [0.1, 0.15) is 13.8 Å². The molecule has 2 aromatic rings. The Morgan fingerprint density at radius 1 is 1.41 bits per heavy atom. The number of aromatic nitrogens is 2. The van der Waals surface area contributed by atoms with Gasteiger partial charge in [0.1, 0.15) is 12.1 Å². The molecule has 92 valence electrons. The molecule has 0 aliphatic carbocycles. The molecule has 0 saturated carbocycles.